The number of aromatic nitrogens is 1. The van der Waals surface area contributed by atoms with Crippen LogP contribution >= 0.6 is 11.6 Å². The Bertz CT molecular complexity index is 404. The van der Waals surface area contributed by atoms with Gasteiger partial charge in [0, 0.05) is 11.8 Å². The van der Waals surface area contributed by atoms with Gasteiger partial charge in [-0.25, -0.2) is 0 Å². The average Bonchev–Trinajstić information content (AvgIpc) is 2.16. The minimum Gasteiger partial charge on any atom is -0.299 e. The van der Waals surface area contributed by atoms with Gasteiger partial charge in [-0.3, -0.25) is 19.9 Å². The van der Waals surface area contributed by atoms with Gasteiger partial charge in [-0.2, -0.15) is 0 Å². The Morgan fingerprint density at radius 3 is 2.79 bits per heavy atom. The lowest BCUT2D eigenvalue weighted by Crippen LogP contribution is -1.92. The van der Waals surface area contributed by atoms with E-state index in [-0.39, 0.29) is 10.7 Å². The van der Waals surface area contributed by atoms with Crippen LogP contribution in [0, 0.1) is 10.1 Å². The molecule has 0 aromatic carbocycles. The molecule has 0 amide bonds. The lowest BCUT2D eigenvalue weighted by molar-refractivity contribution is -0.385. The van der Waals surface area contributed by atoms with Crippen LogP contribution in [0.25, 0.3) is 6.08 Å². The maximum absolute atomic E-state index is 10.4. The van der Waals surface area contributed by atoms with E-state index in [0.29, 0.717) is 11.8 Å². The minimum absolute atomic E-state index is 0.0249. The lowest BCUT2D eigenvalue weighted by Gasteiger charge is -1.97. The Morgan fingerprint density at radius 1 is 1.50 bits per heavy atom. The van der Waals surface area contributed by atoms with E-state index in [2.05, 4.69) is 4.98 Å². The van der Waals surface area contributed by atoms with Gasteiger partial charge in [-0.1, -0.05) is 11.6 Å². The second-order valence-corrected chi connectivity index (χ2v) is 2.69. The number of hydrogen-bond acceptors (Lipinski definition) is 4. The van der Waals surface area contributed by atoms with Crippen LogP contribution in [0.15, 0.2) is 18.5 Å². The molecule has 1 aromatic heterocycles. The molecule has 0 spiro atoms. The molecule has 0 bridgehead atoms. The van der Waals surface area contributed by atoms with E-state index in [1.54, 1.807) is 0 Å². The number of nitro groups is 1. The molecule has 0 aliphatic heterocycles. The van der Waals surface area contributed by atoms with Crippen molar-refractivity contribution in [2.24, 2.45) is 0 Å². The summed E-state index contributed by atoms with van der Waals surface area (Å²) in [6.07, 6.45) is 5.49. The summed E-state index contributed by atoms with van der Waals surface area (Å²) < 4.78 is 0. The number of hydrogen-bond donors (Lipinski definition) is 0. The molecule has 0 unspecified atom stereocenters. The summed E-state index contributed by atoms with van der Waals surface area (Å²) in [5.74, 6) is 0. The number of carbonyl (C=O) groups is 1. The van der Waals surface area contributed by atoms with Crippen LogP contribution < -0.4 is 0 Å². The number of aldehydes is 1. The first-order valence-corrected chi connectivity index (χ1v) is 3.94. The maximum atomic E-state index is 10.4. The molecule has 0 radical (unpaired) electrons. The zero-order chi connectivity index (χ0) is 10.6. The highest BCUT2D eigenvalue weighted by Crippen LogP contribution is 2.26. The van der Waals surface area contributed by atoms with E-state index in [1.807, 2.05) is 0 Å². The van der Waals surface area contributed by atoms with Crippen molar-refractivity contribution in [1.82, 2.24) is 4.98 Å². The highest BCUT2D eigenvalue weighted by Gasteiger charge is 2.14. The summed E-state index contributed by atoms with van der Waals surface area (Å²) in [6.45, 7) is 0. The predicted octanol–water partition coefficient (Wildman–Crippen LogP) is 1.86. The highest BCUT2D eigenvalue weighted by atomic mass is 35.5. The van der Waals surface area contributed by atoms with Crippen molar-refractivity contribution < 1.29 is 9.72 Å². The van der Waals surface area contributed by atoms with E-state index >= 15 is 0 Å². The smallest absolute Gasteiger partial charge is 0.299 e. The van der Waals surface area contributed by atoms with E-state index in [1.165, 1.54) is 18.3 Å². The average molecular weight is 213 g/mol. The molecule has 1 rings (SSSR count). The van der Waals surface area contributed by atoms with Crippen molar-refractivity contribution >= 4 is 29.7 Å². The van der Waals surface area contributed by atoms with Gasteiger partial charge in [0.15, 0.2) is 0 Å². The maximum Gasteiger partial charge on any atom is 0.306 e. The van der Waals surface area contributed by atoms with Crippen LogP contribution in [0.4, 0.5) is 5.69 Å². The predicted molar refractivity (Wildman–Crippen MR) is 51.0 cm³/mol. The SMILES string of the molecule is O=CC=Cc1cncc([N+](=O)[O-])c1Cl. The zero-order valence-corrected chi connectivity index (χ0v) is 7.64. The Hall–Kier alpha value is -1.75. The topological polar surface area (TPSA) is 73.1 Å². The third kappa shape index (κ3) is 2.14. The zero-order valence-electron chi connectivity index (χ0n) is 6.88. The monoisotopic (exact) mass is 212 g/mol. The molecule has 14 heavy (non-hydrogen) atoms. The molecule has 1 heterocycles. The van der Waals surface area contributed by atoms with Crippen molar-refractivity contribution in [2.45, 2.75) is 0 Å². The molecule has 0 aliphatic rings. The number of carbonyl (C=O) groups excluding carboxylic acids is 1. The van der Waals surface area contributed by atoms with Gasteiger partial charge < -0.3 is 0 Å². The summed E-state index contributed by atoms with van der Waals surface area (Å²) in [7, 11) is 0. The molecule has 5 nitrogen and oxygen atoms in total. The van der Waals surface area contributed by atoms with Gasteiger partial charge in [0.05, 0.1) is 4.92 Å². The van der Waals surface area contributed by atoms with E-state index < -0.39 is 4.92 Å². The van der Waals surface area contributed by atoms with Gasteiger partial charge in [0.2, 0.25) is 0 Å². The van der Waals surface area contributed by atoms with Gasteiger partial charge >= 0.3 is 5.69 Å². The number of nitrogens with zero attached hydrogens (tertiary/aromatic N) is 2. The van der Waals surface area contributed by atoms with Crippen molar-refractivity contribution in [1.29, 1.82) is 0 Å². The Labute approximate surface area is 84.2 Å². The fraction of sp³-hybridized carbons (Fsp3) is 0. The first-order chi connectivity index (χ1) is 6.66. The fourth-order valence-electron chi connectivity index (χ4n) is 0.836. The standard InChI is InChI=1S/C8H5ClN2O3/c9-8-6(2-1-3-12)4-10-5-7(8)11(13)14/h1-5H. The normalized spacial score (nSPS) is 10.4. The molecule has 6 heteroatoms. The molecule has 1 aromatic rings. The third-order valence-electron chi connectivity index (χ3n) is 1.44. The summed E-state index contributed by atoms with van der Waals surface area (Å²) in [5.41, 5.74) is 0.0627. The van der Waals surface area contributed by atoms with Crippen LogP contribution in [-0.4, -0.2) is 16.2 Å². The van der Waals surface area contributed by atoms with Gasteiger partial charge in [-0.15, -0.1) is 0 Å². The molecular formula is C8H5ClN2O3. The van der Waals surface area contributed by atoms with E-state index in [4.69, 9.17) is 11.6 Å². The second kappa shape index (κ2) is 4.48. The molecule has 0 aliphatic carbocycles. The van der Waals surface area contributed by atoms with Crippen molar-refractivity contribution in [2.75, 3.05) is 0 Å². The first kappa shape index (κ1) is 10.3. The molecule has 0 saturated heterocycles. The van der Waals surface area contributed by atoms with E-state index in [0.717, 1.165) is 6.20 Å². The Kier molecular flexibility index (Phi) is 3.30. The van der Waals surface area contributed by atoms with Crippen LogP contribution in [-0.2, 0) is 4.79 Å². The lowest BCUT2D eigenvalue weighted by atomic mass is 10.2. The highest BCUT2D eigenvalue weighted by molar-refractivity contribution is 6.34. The number of pyridine rings is 1. The van der Waals surface area contributed by atoms with Crippen LogP contribution in [0.3, 0.4) is 0 Å². The molecule has 0 atom stereocenters. The van der Waals surface area contributed by atoms with Crippen molar-refractivity contribution in [3.05, 3.63) is 39.2 Å². The molecule has 72 valence electrons. The molecule has 0 fully saturated rings. The summed E-state index contributed by atoms with van der Waals surface area (Å²) in [5, 5.41) is 10.4. The molecular weight excluding hydrogens is 208 g/mol. The van der Waals surface area contributed by atoms with Crippen molar-refractivity contribution in [3.63, 3.8) is 0 Å². The third-order valence-corrected chi connectivity index (χ3v) is 1.85. The summed E-state index contributed by atoms with van der Waals surface area (Å²) in [4.78, 5) is 23.5. The molecule has 0 saturated carbocycles. The first-order valence-electron chi connectivity index (χ1n) is 3.56. The largest absolute Gasteiger partial charge is 0.306 e. The second-order valence-electron chi connectivity index (χ2n) is 2.31. The summed E-state index contributed by atoms with van der Waals surface area (Å²) >= 11 is 5.69. The minimum atomic E-state index is -0.631. The van der Waals surface area contributed by atoms with Gasteiger partial charge in [0.1, 0.15) is 17.5 Å². The van der Waals surface area contributed by atoms with Gasteiger partial charge in [-0.05, 0) is 12.2 Å². The fourth-order valence-corrected chi connectivity index (χ4v) is 1.07. The quantitative estimate of drug-likeness (QED) is 0.332. The van der Waals surface area contributed by atoms with Crippen LogP contribution in [0.2, 0.25) is 5.02 Å². The van der Waals surface area contributed by atoms with Crippen LogP contribution in [0.5, 0.6) is 0 Å². The van der Waals surface area contributed by atoms with Crippen molar-refractivity contribution in [3.8, 4) is 0 Å². The number of halogens is 1. The van der Waals surface area contributed by atoms with Crippen LogP contribution in [0.1, 0.15) is 5.56 Å². The Morgan fingerprint density at radius 2 is 2.21 bits per heavy atom. The van der Waals surface area contributed by atoms with E-state index in [9.17, 15) is 14.9 Å². The molecule has 0 N–H and O–H groups in total. The summed E-state index contributed by atoms with van der Waals surface area (Å²) in [6, 6.07) is 0. The number of allylic oxidation sites excluding steroid dienone is 1. The Balaban J connectivity index is 3.20. The van der Waals surface area contributed by atoms with Gasteiger partial charge in [0.25, 0.3) is 0 Å². The number of rotatable bonds is 3.